The Hall–Kier alpha value is -1.99. The Morgan fingerprint density at radius 2 is 2.33 bits per heavy atom. The van der Waals surface area contributed by atoms with E-state index < -0.39 is 12.0 Å². The zero-order valence-electron chi connectivity index (χ0n) is 9.29. The Labute approximate surface area is 106 Å². The highest BCUT2D eigenvalue weighted by Crippen LogP contribution is 2.15. The van der Waals surface area contributed by atoms with E-state index in [9.17, 15) is 14.7 Å². The molecule has 2 heterocycles. The first-order valence-corrected chi connectivity index (χ1v) is 6.15. The Morgan fingerprint density at radius 3 is 2.94 bits per heavy atom. The Morgan fingerprint density at radius 1 is 1.50 bits per heavy atom. The van der Waals surface area contributed by atoms with Crippen LogP contribution in [0.4, 0.5) is 0 Å². The van der Waals surface area contributed by atoms with Gasteiger partial charge in [0, 0.05) is 12.6 Å². The molecule has 1 unspecified atom stereocenters. The van der Waals surface area contributed by atoms with Crippen molar-refractivity contribution in [3.05, 3.63) is 50.6 Å². The molecule has 0 aliphatic heterocycles. The first kappa shape index (κ1) is 12.5. The predicted octanol–water partition coefficient (Wildman–Crippen LogP) is 0.295. The molecule has 7 heteroatoms. The number of nitrogens with one attached hydrogen (secondary N) is 2. The van der Waals surface area contributed by atoms with E-state index in [-0.39, 0.29) is 17.8 Å². The summed E-state index contributed by atoms with van der Waals surface area (Å²) in [5.74, 6) is -0.444. The number of aromatic amines is 1. The van der Waals surface area contributed by atoms with Gasteiger partial charge in [-0.25, -0.2) is 5.10 Å². The fraction of sp³-hybridized carbons (Fsp3) is 0.182. The zero-order valence-corrected chi connectivity index (χ0v) is 10.1. The molecule has 2 rings (SSSR count). The van der Waals surface area contributed by atoms with Crippen molar-refractivity contribution in [1.82, 2.24) is 15.5 Å². The van der Waals surface area contributed by atoms with Gasteiger partial charge in [0.1, 0.15) is 5.69 Å². The summed E-state index contributed by atoms with van der Waals surface area (Å²) < 4.78 is 0. The zero-order chi connectivity index (χ0) is 13.0. The van der Waals surface area contributed by atoms with E-state index in [4.69, 9.17) is 0 Å². The molecule has 1 amide bonds. The van der Waals surface area contributed by atoms with Crippen LogP contribution in [0.2, 0.25) is 0 Å². The van der Waals surface area contributed by atoms with Gasteiger partial charge in [0.2, 0.25) is 0 Å². The fourth-order valence-corrected chi connectivity index (χ4v) is 2.04. The molecule has 0 saturated carbocycles. The summed E-state index contributed by atoms with van der Waals surface area (Å²) in [5, 5.41) is 21.7. The average Bonchev–Trinajstić information content (AvgIpc) is 2.90. The molecular weight excluding hydrogens is 254 g/mol. The van der Waals surface area contributed by atoms with Crippen LogP contribution in [0.15, 0.2) is 33.8 Å². The molecule has 0 aromatic carbocycles. The minimum absolute atomic E-state index is 0.0936. The summed E-state index contributed by atoms with van der Waals surface area (Å²) in [6.45, 7) is 0.0936. The van der Waals surface area contributed by atoms with Crippen LogP contribution in [0.1, 0.15) is 22.2 Å². The van der Waals surface area contributed by atoms with Crippen LogP contribution >= 0.6 is 11.3 Å². The van der Waals surface area contributed by atoms with E-state index in [1.165, 1.54) is 23.5 Å². The second-order valence-corrected chi connectivity index (χ2v) is 4.37. The van der Waals surface area contributed by atoms with Crippen molar-refractivity contribution in [2.45, 2.75) is 6.10 Å². The molecular formula is C11H11N3O3S. The maximum Gasteiger partial charge on any atom is 0.271 e. The van der Waals surface area contributed by atoms with Gasteiger partial charge in [0.05, 0.1) is 6.10 Å². The van der Waals surface area contributed by atoms with Crippen molar-refractivity contribution >= 4 is 17.2 Å². The van der Waals surface area contributed by atoms with E-state index in [2.05, 4.69) is 15.5 Å². The Bertz CT molecular complexity index is 559. The van der Waals surface area contributed by atoms with E-state index in [0.717, 1.165) is 5.56 Å². The third-order valence-corrected chi connectivity index (χ3v) is 3.00. The number of thiophene rings is 1. The van der Waals surface area contributed by atoms with Crippen LogP contribution < -0.4 is 10.9 Å². The summed E-state index contributed by atoms with van der Waals surface area (Å²) in [6.07, 6.45) is -0.747. The van der Waals surface area contributed by atoms with E-state index in [1.54, 1.807) is 6.07 Å². The molecule has 0 fully saturated rings. The van der Waals surface area contributed by atoms with Crippen LogP contribution in [0.25, 0.3) is 0 Å². The topological polar surface area (TPSA) is 95.1 Å². The number of amides is 1. The van der Waals surface area contributed by atoms with Crippen LogP contribution in [0, 0.1) is 0 Å². The third-order valence-electron chi connectivity index (χ3n) is 2.30. The largest absolute Gasteiger partial charge is 0.387 e. The first-order chi connectivity index (χ1) is 8.66. The highest BCUT2D eigenvalue weighted by Gasteiger charge is 2.11. The SMILES string of the molecule is O=C(NCC(O)c1ccsc1)c1ccc(=O)[nH]n1. The smallest absolute Gasteiger partial charge is 0.271 e. The van der Waals surface area contributed by atoms with Crippen molar-refractivity contribution in [3.63, 3.8) is 0 Å². The van der Waals surface area contributed by atoms with Crippen molar-refractivity contribution in [2.24, 2.45) is 0 Å². The van der Waals surface area contributed by atoms with Gasteiger partial charge in [-0.1, -0.05) is 0 Å². The van der Waals surface area contributed by atoms with Crippen molar-refractivity contribution in [3.8, 4) is 0 Å². The van der Waals surface area contributed by atoms with Gasteiger partial charge in [-0.05, 0) is 28.5 Å². The molecule has 2 aromatic rings. The van der Waals surface area contributed by atoms with Gasteiger partial charge in [-0.15, -0.1) is 0 Å². The number of hydrogen-bond acceptors (Lipinski definition) is 5. The minimum Gasteiger partial charge on any atom is -0.387 e. The lowest BCUT2D eigenvalue weighted by Gasteiger charge is -2.09. The molecule has 94 valence electrons. The number of carbonyl (C=O) groups excluding carboxylic acids is 1. The van der Waals surface area contributed by atoms with Crippen molar-refractivity contribution in [1.29, 1.82) is 0 Å². The molecule has 1 atom stereocenters. The lowest BCUT2D eigenvalue weighted by Crippen LogP contribution is -2.29. The van der Waals surface area contributed by atoms with Crippen molar-refractivity contribution < 1.29 is 9.90 Å². The molecule has 0 radical (unpaired) electrons. The van der Waals surface area contributed by atoms with Crippen LogP contribution in [-0.4, -0.2) is 27.8 Å². The maximum atomic E-state index is 11.6. The highest BCUT2D eigenvalue weighted by molar-refractivity contribution is 7.07. The second-order valence-electron chi connectivity index (χ2n) is 3.59. The summed E-state index contributed by atoms with van der Waals surface area (Å²) in [6, 6.07) is 4.34. The molecule has 18 heavy (non-hydrogen) atoms. The lowest BCUT2D eigenvalue weighted by molar-refractivity contribution is 0.0910. The van der Waals surface area contributed by atoms with Crippen LogP contribution in [-0.2, 0) is 0 Å². The van der Waals surface area contributed by atoms with Gasteiger partial charge in [-0.3, -0.25) is 9.59 Å². The average molecular weight is 265 g/mol. The number of aromatic nitrogens is 2. The standard InChI is InChI=1S/C11H11N3O3S/c15-9(7-3-4-18-6-7)5-12-11(17)8-1-2-10(16)14-13-8/h1-4,6,9,15H,5H2,(H,12,17)(H,14,16). The fourth-order valence-electron chi connectivity index (χ4n) is 1.33. The predicted molar refractivity (Wildman–Crippen MR) is 66.5 cm³/mol. The number of nitrogens with zero attached hydrogens (tertiary/aromatic N) is 1. The number of hydrogen-bond donors (Lipinski definition) is 3. The number of aliphatic hydroxyl groups is 1. The monoisotopic (exact) mass is 265 g/mol. The number of aliphatic hydroxyl groups excluding tert-OH is 1. The van der Waals surface area contributed by atoms with E-state index in [0.29, 0.717) is 0 Å². The second kappa shape index (κ2) is 5.56. The Kier molecular flexibility index (Phi) is 3.85. The number of H-pyrrole nitrogens is 1. The molecule has 2 aromatic heterocycles. The van der Waals surface area contributed by atoms with Crippen molar-refractivity contribution in [2.75, 3.05) is 6.54 Å². The molecule has 0 aliphatic carbocycles. The van der Waals surface area contributed by atoms with Gasteiger partial charge < -0.3 is 10.4 Å². The van der Waals surface area contributed by atoms with Gasteiger partial charge in [-0.2, -0.15) is 16.4 Å². The third kappa shape index (κ3) is 3.02. The molecule has 0 aliphatic rings. The molecule has 3 N–H and O–H groups in total. The number of carbonyl (C=O) groups is 1. The molecule has 0 saturated heterocycles. The highest BCUT2D eigenvalue weighted by atomic mass is 32.1. The normalized spacial score (nSPS) is 12.1. The van der Waals surface area contributed by atoms with Gasteiger partial charge >= 0.3 is 0 Å². The van der Waals surface area contributed by atoms with Gasteiger partial charge in [0.25, 0.3) is 11.5 Å². The summed E-state index contributed by atoms with van der Waals surface area (Å²) in [7, 11) is 0. The van der Waals surface area contributed by atoms with Crippen LogP contribution in [0.3, 0.4) is 0 Å². The van der Waals surface area contributed by atoms with E-state index in [1.807, 2.05) is 10.8 Å². The van der Waals surface area contributed by atoms with E-state index >= 15 is 0 Å². The Balaban J connectivity index is 1.92. The van der Waals surface area contributed by atoms with Crippen LogP contribution in [0.5, 0.6) is 0 Å². The summed E-state index contributed by atoms with van der Waals surface area (Å²) in [5.41, 5.74) is 0.492. The molecule has 0 bridgehead atoms. The first-order valence-electron chi connectivity index (χ1n) is 5.21. The molecule has 0 spiro atoms. The molecule has 6 nitrogen and oxygen atoms in total. The summed E-state index contributed by atoms with van der Waals surface area (Å²) in [4.78, 5) is 22.4. The number of rotatable bonds is 4. The minimum atomic E-state index is -0.747. The summed E-state index contributed by atoms with van der Waals surface area (Å²) >= 11 is 1.48. The maximum absolute atomic E-state index is 11.6. The van der Waals surface area contributed by atoms with Gasteiger partial charge in [0.15, 0.2) is 0 Å². The lowest BCUT2D eigenvalue weighted by atomic mass is 10.2. The quantitative estimate of drug-likeness (QED) is 0.740.